The highest BCUT2D eigenvalue weighted by Crippen LogP contribution is 2.33. The average Bonchev–Trinajstić information content (AvgIpc) is 3.10. The molecule has 0 aliphatic carbocycles. The summed E-state index contributed by atoms with van der Waals surface area (Å²) in [5, 5.41) is 3.78. The maximum atomic E-state index is 13.7. The van der Waals surface area contributed by atoms with Crippen molar-refractivity contribution in [3.8, 4) is 0 Å². The average molecular weight is 485 g/mol. The Labute approximate surface area is 198 Å². The van der Waals surface area contributed by atoms with Crippen molar-refractivity contribution >= 4 is 38.6 Å². The van der Waals surface area contributed by atoms with Crippen molar-refractivity contribution in [2.75, 3.05) is 43.0 Å². The molecule has 3 aromatic rings. The molecule has 10 nitrogen and oxygen atoms in total. The van der Waals surface area contributed by atoms with Crippen molar-refractivity contribution in [1.82, 2.24) is 19.4 Å². The molecular weight excluding hydrogens is 456 g/mol. The lowest BCUT2D eigenvalue weighted by molar-refractivity contribution is -0.123. The van der Waals surface area contributed by atoms with Crippen molar-refractivity contribution in [3.05, 3.63) is 35.7 Å². The Morgan fingerprint density at radius 3 is 2.26 bits per heavy atom. The summed E-state index contributed by atoms with van der Waals surface area (Å²) >= 11 is 0. The fraction of sp³-hybridized carbons (Fsp3) is 0.478. The van der Waals surface area contributed by atoms with E-state index in [4.69, 9.17) is 14.5 Å². The Balaban J connectivity index is 1.38. The van der Waals surface area contributed by atoms with Gasteiger partial charge in [0.2, 0.25) is 15.9 Å². The van der Waals surface area contributed by atoms with Crippen LogP contribution in [0.1, 0.15) is 30.7 Å². The van der Waals surface area contributed by atoms with Gasteiger partial charge >= 0.3 is 0 Å². The zero-order valence-electron chi connectivity index (χ0n) is 19.6. The van der Waals surface area contributed by atoms with E-state index >= 15 is 0 Å². The molecule has 0 radical (unpaired) electrons. The Morgan fingerprint density at radius 1 is 1.00 bits per heavy atom. The molecule has 0 spiro atoms. The van der Waals surface area contributed by atoms with E-state index in [-0.39, 0.29) is 35.6 Å². The summed E-state index contributed by atoms with van der Waals surface area (Å²) < 4.78 is 32.8. The minimum atomic E-state index is -3.72. The second kappa shape index (κ2) is 8.62. The summed E-state index contributed by atoms with van der Waals surface area (Å²) in [6.45, 7) is 5.10. The van der Waals surface area contributed by atoms with E-state index in [1.54, 1.807) is 18.7 Å². The maximum Gasteiger partial charge on any atom is 0.248 e. The van der Waals surface area contributed by atoms with Gasteiger partial charge in [0.1, 0.15) is 10.6 Å². The van der Waals surface area contributed by atoms with Gasteiger partial charge in [0.05, 0.1) is 11.0 Å². The summed E-state index contributed by atoms with van der Waals surface area (Å²) in [5.74, 6) is 1.26. The number of carbonyl (C=O) groups is 1. The molecule has 0 N–H and O–H groups in total. The van der Waals surface area contributed by atoms with Gasteiger partial charge in [-0.2, -0.15) is 4.31 Å². The highest BCUT2D eigenvalue weighted by molar-refractivity contribution is 7.89. The van der Waals surface area contributed by atoms with Crippen molar-refractivity contribution < 1.29 is 17.7 Å². The molecule has 11 heteroatoms. The molecule has 180 valence electrons. The van der Waals surface area contributed by atoms with Gasteiger partial charge in [-0.15, -0.1) is 0 Å². The summed E-state index contributed by atoms with van der Waals surface area (Å²) in [7, 11) is -1.75. The number of carbonyl (C=O) groups excluding carboxylic acids is 1. The molecule has 1 aromatic carbocycles. The third-order valence-electron chi connectivity index (χ3n) is 6.66. The van der Waals surface area contributed by atoms with Crippen LogP contribution in [-0.4, -0.2) is 67.0 Å². The van der Waals surface area contributed by atoms with E-state index in [1.807, 2.05) is 36.2 Å². The Morgan fingerprint density at radius 2 is 1.65 bits per heavy atom. The maximum absolute atomic E-state index is 13.7. The number of nitrogens with zero attached hydrogens (tertiary/aromatic N) is 6. The number of fused-ring (bicyclic) bond motifs is 2. The largest absolute Gasteiger partial charge is 0.360 e. The monoisotopic (exact) mass is 484 g/mol. The number of anilines is 2. The lowest BCUT2D eigenvalue weighted by Crippen LogP contribution is -2.45. The van der Waals surface area contributed by atoms with Gasteiger partial charge in [-0.25, -0.2) is 18.4 Å². The second-order valence-corrected chi connectivity index (χ2v) is 10.8. The number of amides is 1. The first-order chi connectivity index (χ1) is 16.3. The molecule has 0 saturated carbocycles. The first-order valence-corrected chi connectivity index (χ1v) is 12.9. The van der Waals surface area contributed by atoms with Crippen LogP contribution in [0.25, 0.3) is 11.0 Å². The van der Waals surface area contributed by atoms with Crippen LogP contribution in [0, 0.1) is 19.8 Å². The Kier molecular flexibility index (Phi) is 5.76. The molecular formula is C23H28N6O4S. The molecule has 1 fully saturated rings. The number of sulfonamides is 1. The normalized spacial score (nSPS) is 18.2. The minimum Gasteiger partial charge on any atom is -0.360 e. The van der Waals surface area contributed by atoms with Gasteiger partial charge < -0.3 is 9.42 Å². The summed E-state index contributed by atoms with van der Waals surface area (Å²) in [6.07, 6.45) is 1.70. The number of piperidine rings is 1. The number of benzene rings is 1. The number of rotatable bonds is 3. The lowest BCUT2D eigenvalue weighted by atomic mass is 9.96. The zero-order chi connectivity index (χ0) is 24.0. The van der Waals surface area contributed by atoms with E-state index in [2.05, 4.69) is 5.16 Å². The van der Waals surface area contributed by atoms with E-state index in [0.29, 0.717) is 36.7 Å². The van der Waals surface area contributed by atoms with Crippen LogP contribution < -0.4 is 9.80 Å². The first kappa shape index (κ1) is 22.7. The smallest absolute Gasteiger partial charge is 0.248 e. The highest BCUT2D eigenvalue weighted by atomic mass is 32.2. The summed E-state index contributed by atoms with van der Waals surface area (Å²) in [6, 6.07) is 7.65. The third kappa shape index (κ3) is 3.82. The SMILES string of the molecule is Cc1noc(C)c1S(=O)(=O)N1CCC(C(=O)N2CCCN(C)c3nc4ccccc4nc32)CC1. The quantitative estimate of drug-likeness (QED) is 0.557. The van der Waals surface area contributed by atoms with Gasteiger partial charge in [-0.1, -0.05) is 17.3 Å². The number of hydrogen-bond acceptors (Lipinski definition) is 8. The molecule has 2 aliphatic rings. The molecule has 0 bridgehead atoms. The number of hydrogen-bond donors (Lipinski definition) is 0. The lowest BCUT2D eigenvalue weighted by Gasteiger charge is -2.33. The number of aromatic nitrogens is 3. The van der Waals surface area contributed by atoms with E-state index < -0.39 is 10.0 Å². The van der Waals surface area contributed by atoms with Crippen LogP contribution in [0.4, 0.5) is 11.6 Å². The van der Waals surface area contributed by atoms with Crippen LogP contribution >= 0.6 is 0 Å². The number of aryl methyl sites for hydroxylation is 2. The molecule has 1 amide bonds. The van der Waals surface area contributed by atoms with Crippen LogP contribution in [0.3, 0.4) is 0 Å². The van der Waals surface area contributed by atoms with E-state index in [9.17, 15) is 13.2 Å². The Bertz CT molecular complexity index is 1330. The zero-order valence-corrected chi connectivity index (χ0v) is 20.4. The molecule has 2 aliphatic heterocycles. The van der Waals surface area contributed by atoms with Gasteiger partial charge in [0.15, 0.2) is 17.4 Å². The van der Waals surface area contributed by atoms with Crippen LogP contribution in [0.2, 0.25) is 0 Å². The van der Waals surface area contributed by atoms with Crippen molar-refractivity contribution in [1.29, 1.82) is 0 Å². The summed E-state index contributed by atoms with van der Waals surface area (Å²) in [4.78, 5) is 27.2. The summed E-state index contributed by atoms with van der Waals surface area (Å²) in [5.41, 5.74) is 1.89. The van der Waals surface area contributed by atoms with Crippen molar-refractivity contribution in [2.45, 2.75) is 38.0 Å². The van der Waals surface area contributed by atoms with Crippen LogP contribution in [0.5, 0.6) is 0 Å². The minimum absolute atomic E-state index is 0.0180. The first-order valence-electron chi connectivity index (χ1n) is 11.5. The standard InChI is InChI=1S/C23H28N6O4S/c1-15-20(16(2)33-26-15)34(31,32)28-13-9-17(10-14-28)23(30)29-12-6-11-27(3)21-22(29)25-19-8-5-4-7-18(19)24-21/h4-5,7-8,17H,6,9-14H2,1-3H3. The van der Waals surface area contributed by atoms with Crippen molar-refractivity contribution in [2.24, 2.45) is 5.92 Å². The molecule has 4 heterocycles. The fourth-order valence-corrected chi connectivity index (χ4v) is 6.61. The van der Waals surface area contributed by atoms with Crippen LogP contribution in [0.15, 0.2) is 33.7 Å². The van der Waals surface area contributed by atoms with E-state index in [0.717, 1.165) is 24.0 Å². The van der Waals surface area contributed by atoms with Gasteiger partial charge in [0, 0.05) is 39.1 Å². The van der Waals surface area contributed by atoms with E-state index in [1.165, 1.54) is 4.31 Å². The molecule has 5 rings (SSSR count). The molecule has 34 heavy (non-hydrogen) atoms. The molecule has 2 aromatic heterocycles. The van der Waals surface area contributed by atoms with Crippen molar-refractivity contribution in [3.63, 3.8) is 0 Å². The van der Waals surface area contributed by atoms with Gasteiger partial charge in [0.25, 0.3) is 0 Å². The second-order valence-electron chi connectivity index (χ2n) is 8.96. The predicted molar refractivity (Wildman–Crippen MR) is 127 cm³/mol. The van der Waals surface area contributed by atoms with Crippen LogP contribution in [-0.2, 0) is 14.8 Å². The third-order valence-corrected chi connectivity index (χ3v) is 8.81. The molecule has 0 atom stereocenters. The molecule has 0 unspecified atom stereocenters. The fourth-order valence-electron chi connectivity index (χ4n) is 4.85. The number of para-hydroxylation sites is 2. The predicted octanol–water partition coefficient (Wildman–Crippen LogP) is 2.51. The molecule has 1 saturated heterocycles. The Hall–Kier alpha value is -3.05. The van der Waals surface area contributed by atoms with Gasteiger partial charge in [-0.05, 0) is 45.2 Å². The topological polar surface area (TPSA) is 113 Å². The van der Waals surface area contributed by atoms with Gasteiger partial charge in [-0.3, -0.25) is 9.69 Å². The highest BCUT2D eigenvalue weighted by Gasteiger charge is 2.38.